The molecule has 0 saturated carbocycles. The molecule has 0 spiro atoms. The van der Waals surface area contributed by atoms with Crippen LogP contribution in [0.15, 0.2) is 24.3 Å². The zero-order valence-electron chi connectivity index (χ0n) is 6.19. The number of hydrogen-bond donors (Lipinski definition) is 0. The summed E-state index contributed by atoms with van der Waals surface area (Å²) in [5, 5.41) is 0. The molecule has 0 nitrogen and oxygen atoms in total. The van der Waals surface area contributed by atoms with Gasteiger partial charge in [0.05, 0.1) is 0 Å². The summed E-state index contributed by atoms with van der Waals surface area (Å²) in [7, 11) is 0. The topological polar surface area (TPSA) is 0 Å². The van der Waals surface area contributed by atoms with E-state index in [2.05, 4.69) is 12.7 Å². The van der Waals surface area contributed by atoms with Crippen LogP contribution in [0.4, 0.5) is 0 Å². The molecule has 0 bridgehead atoms. The molecule has 0 aliphatic heterocycles. The van der Waals surface area contributed by atoms with Crippen LogP contribution in [0.3, 0.4) is 0 Å². The summed E-state index contributed by atoms with van der Waals surface area (Å²) in [4.78, 5) is 0. The second-order valence-corrected chi connectivity index (χ2v) is 2.23. The quantitative estimate of drug-likeness (QED) is 0.576. The van der Waals surface area contributed by atoms with Gasteiger partial charge in [0, 0.05) is 0 Å². The summed E-state index contributed by atoms with van der Waals surface area (Å²) >= 11 is 0. The molecule has 1 rings (SSSR count). The second kappa shape index (κ2) is 7.29. The molecule has 0 atom stereocenters. The van der Waals surface area contributed by atoms with Crippen molar-refractivity contribution in [1.82, 2.24) is 0 Å². The molecule has 60 valence electrons. The van der Waals surface area contributed by atoms with Gasteiger partial charge in [0.1, 0.15) is 0 Å². The first-order chi connectivity index (χ1) is 3.93. The van der Waals surface area contributed by atoms with E-state index in [0.717, 1.165) is 0 Å². The maximum absolute atomic E-state index is 3.72. The van der Waals surface area contributed by atoms with Crippen molar-refractivity contribution < 1.29 is 0 Å². The molecule has 1 aliphatic carbocycles. The second-order valence-electron chi connectivity index (χ2n) is 2.23. The molecule has 0 heterocycles. The van der Waals surface area contributed by atoms with Gasteiger partial charge in [0.15, 0.2) is 0 Å². The molecule has 1 aliphatic rings. The van der Waals surface area contributed by atoms with Crippen LogP contribution in [0.1, 0.15) is 25.7 Å². The van der Waals surface area contributed by atoms with Crippen LogP contribution < -0.4 is 0 Å². The third kappa shape index (κ3) is 4.07. The highest BCUT2D eigenvalue weighted by Gasteiger charge is 1.97. The van der Waals surface area contributed by atoms with E-state index >= 15 is 0 Å². The van der Waals surface area contributed by atoms with Gasteiger partial charge in [0.25, 0.3) is 0 Å². The van der Waals surface area contributed by atoms with Crippen molar-refractivity contribution >= 4 is 27.0 Å². The Balaban J connectivity index is 0. The van der Waals surface area contributed by atoms with Crippen molar-refractivity contribution in [2.24, 2.45) is 0 Å². The lowest BCUT2D eigenvalue weighted by Gasteiger charge is -2.06. The first kappa shape index (κ1) is 12.8. The molecule has 0 N–H and O–H groups in total. The van der Waals surface area contributed by atoms with Gasteiger partial charge >= 0.3 is 0 Å². The molecule has 10 heavy (non-hydrogen) atoms. The van der Waals surface area contributed by atoms with Crippen molar-refractivity contribution in [3.05, 3.63) is 24.3 Å². The van der Waals surface area contributed by atoms with E-state index < -0.39 is 0 Å². The third-order valence-corrected chi connectivity index (χ3v) is 1.59. The number of rotatable bonds is 1. The smallest absolute Gasteiger partial charge is 0.0282 e. The SMILES string of the molecule is C=CC1=CCCCC1.S.S. The molecule has 0 unspecified atom stereocenters. The highest BCUT2D eigenvalue weighted by atomic mass is 32.1. The minimum Gasteiger partial charge on any atom is -0.197 e. The predicted molar refractivity (Wildman–Crippen MR) is 57.5 cm³/mol. The van der Waals surface area contributed by atoms with Crippen molar-refractivity contribution in [3.8, 4) is 0 Å². The fourth-order valence-electron chi connectivity index (χ4n) is 1.05. The molecule has 0 aromatic carbocycles. The first-order valence-electron chi connectivity index (χ1n) is 3.25. The monoisotopic (exact) mass is 176 g/mol. The summed E-state index contributed by atoms with van der Waals surface area (Å²) in [6.45, 7) is 3.72. The molecule has 2 heteroatoms. The van der Waals surface area contributed by atoms with Crippen LogP contribution in [0, 0.1) is 0 Å². The Kier molecular flexibility index (Phi) is 9.35. The maximum Gasteiger partial charge on any atom is -0.0282 e. The van der Waals surface area contributed by atoms with Crippen LogP contribution >= 0.6 is 27.0 Å². The van der Waals surface area contributed by atoms with Crippen molar-refractivity contribution in [3.63, 3.8) is 0 Å². The third-order valence-electron chi connectivity index (χ3n) is 1.59. The van der Waals surface area contributed by atoms with E-state index in [9.17, 15) is 0 Å². The largest absolute Gasteiger partial charge is 0.197 e. The van der Waals surface area contributed by atoms with E-state index in [1.165, 1.54) is 31.3 Å². The maximum atomic E-state index is 3.72. The number of hydrogen-bond acceptors (Lipinski definition) is 0. The molecule has 0 fully saturated rings. The lowest BCUT2D eigenvalue weighted by molar-refractivity contribution is 0.712. The van der Waals surface area contributed by atoms with E-state index in [1.807, 2.05) is 6.08 Å². The number of allylic oxidation sites excluding steroid dienone is 3. The first-order valence-corrected chi connectivity index (χ1v) is 3.25. The molecule has 0 saturated heterocycles. The molecule has 0 amide bonds. The molecular formula is C8H16S2. The Bertz CT molecular complexity index is 116. The molecule has 0 aromatic rings. The van der Waals surface area contributed by atoms with Gasteiger partial charge in [-0.15, -0.1) is 0 Å². The van der Waals surface area contributed by atoms with Crippen LogP contribution in [0.25, 0.3) is 0 Å². The Morgan fingerprint density at radius 2 is 2.00 bits per heavy atom. The van der Waals surface area contributed by atoms with Gasteiger partial charge in [-0.2, -0.15) is 27.0 Å². The van der Waals surface area contributed by atoms with Gasteiger partial charge in [0.2, 0.25) is 0 Å². The van der Waals surface area contributed by atoms with Crippen molar-refractivity contribution in [1.29, 1.82) is 0 Å². The standard InChI is InChI=1S/C8H12.2H2S/c1-2-8-6-4-3-5-7-8;;/h2,6H,1,3-5,7H2;2*1H2. The zero-order chi connectivity index (χ0) is 5.82. The van der Waals surface area contributed by atoms with Gasteiger partial charge in [-0.3, -0.25) is 0 Å². The van der Waals surface area contributed by atoms with Crippen LogP contribution in [0.2, 0.25) is 0 Å². The Hall–Kier alpha value is 0.180. The Morgan fingerprint density at radius 1 is 1.30 bits per heavy atom. The van der Waals surface area contributed by atoms with Gasteiger partial charge in [-0.1, -0.05) is 24.3 Å². The summed E-state index contributed by atoms with van der Waals surface area (Å²) in [5.41, 5.74) is 1.44. The normalized spacial score (nSPS) is 15.8. The minimum absolute atomic E-state index is 0. The molecule has 0 aromatic heterocycles. The fourth-order valence-corrected chi connectivity index (χ4v) is 1.05. The van der Waals surface area contributed by atoms with Gasteiger partial charge in [-0.05, 0) is 25.7 Å². The highest BCUT2D eigenvalue weighted by molar-refractivity contribution is 7.59. The average Bonchev–Trinajstić information content (AvgIpc) is 1.90. The predicted octanol–water partition coefficient (Wildman–Crippen LogP) is 2.90. The van der Waals surface area contributed by atoms with E-state index in [-0.39, 0.29) is 27.0 Å². The van der Waals surface area contributed by atoms with Gasteiger partial charge in [-0.25, -0.2) is 0 Å². The van der Waals surface area contributed by atoms with Crippen LogP contribution in [0.5, 0.6) is 0 Å². The molecule has 0 radical (unpaired) electrons. The van der Waals surface area contributed by atoms with Gasteiger partial charge < -0.3 is 0 Å². The summed E-state index contributed by atoms with van der Waals surface area (Å²) in [6, 6.07) is 0. The van der Waals surface area contributed by atoms with E-state index in [0.29, 0.717) is 0 Å². The van der Waals surface area contributed by atoms with E-state index in [1.54, 1.807) is 0 Å². The van der Waals surface area contributed by atoms with Crippen LogP contribution in [-0.2, 0) is 0 Å². The average molecular weight is 176 g/mol. The van der Waals surface area contributed by atoms with Crippen molar-refractivity contribution in [2.45, 2.75) is 25.7 Å². The highest BCUT2D eigenvalue weighted by Crippen LogP contribution is 2.16. The molecular weight excluding hydrogens is 160 g/mol. The van der Waals surface area contributed by atoms with Crippen molar-refractivity contribution in [2.75, 3.05) is 0 Å². The summed E-state index contributed by atoms with van der Waals surface area (Å²) < 4.78 is 0. The minimum atomic E-state index is 0. The summed E-state index contributed by atoms with van der Waals surface area (Å²) in [6.07, 6.45) is 9.51. The van der Waals surface area contributed by atoms with Crippen LogP contribution in [-0.4, -0.2) is 0 Å². The zero-order valence-corrected chi connectivity index (χ0v) is 8.19. The fraction of sp³-hybridized carbons (Fsp3) is 0.500. The lowest BCUT2D eigenvalue weighted by Crippen LogP contribution is -1.86. The van der Waals surface area contributed by atoms with E-state index in [4.69, 9.17) is 0 Å². The lowest BCUT2D eigenvalue weighted by atomic mass is 10.0. The Morgan fingerprint density at radius 3 is 2.30 bits per heavy atom. The summed E-state index contributed by atoms with van der Waals surface area (Å²) in [5.74, 6) is 0. The Labute approximate surface area is 77.3 Å².